The lowest BCUT2D eigenvalue weighted by Gasteiger charge is -2.09. The van der Waals surface area contributed by atoms with Crippen LogP contribution >= 0.6 is 0 Å². The highest BCUT2D eigenvalue weighted by Crippen LogP contribution is 2.23. The zero-order chi connectivity index (χ0) is 17.7. The third kappa shape index (κ3) is 4.47. The molecule has 0 aliphatic rings. The minimum Gasteiger partial charge on any atom is -0.352 e. The Morgan fingerprint density at radius 3 is 2.50 bits per heavy atom. The number of anilines is 2. The number of nitrogens with zero attached hydrogens (tertiary/aromatic N) is 1. The summed E-state index contributed by atoms with van der Waals surface area (Å²) in [4.78, 5) is 15.9. The van der Waals surface area contributed by atoms with Gasteiger partial charge in [-0.2, -0.15) is 0 Å². The Hall–Kier alpha value is -2.57. The van der Waals surface area contributed by atoms with Crippen LogP contribution in [0.3, 0.4) is 0 Å². The molecule has 1 aromatic heterocycles. The molecule has 0 radical (unpaired) electrons. The van der Waals surface area contributed by atoms with E-state index in [-0.39, 0.29) is 17.3 Å². The van der Waals surface area contributed by atoms with E-state index in [1.807, 2.05) is 0 Å². The van der Waals surface area contributed by atoms with Gasteiger partial charge in [0.1, 0.15) is 5.69 Å². The molecule has 0 atom stereocenters. The molecule has 0 saturated carbocycles. The number of carbonyl (C=O) groups excluding carboxylic acids is 1. The van der Waals surface area contributed by atoms with Crippen molar-refractivity contribution in [3.63, 3.8) is 0 Å². The van der Waals surface area contributed by atoms with Gasteiger partial charge in [0, 0.05) is 6.54 Å². The van der Waals surface area contributed by atoms with Crippen molar-refractivity contribution in [1.82, 2.24) is 10.3 Å². The van der Waals surface area contributed by atoms with Gasteiger partial charge in [-0.15, -0.1) is 0 Å². The number of hydrogen-bond donors (Lipinski definition) is 2. The molecule has 0 bridgehead atoms. The van der Waals surface area contributed by atoms with E-state index >= 15 is 0 Å². The van der Waals surface area contributed by atoms with Crippen molar-refractivity contribution in [2.45, 2.75) is 20.3 Å². The molecule has 0 spiro atoms. The van der Waals surface area contributed by atoms with E-state index in [0.717, 1.165) is 18.6 Å². The number of halogens is 3. The Balaban J connectivity index is 2.02. The molecular formula is C17H18F3N3O. The van der Waals surface area contributed by atoms with Gasteiger partial charge in [0.2, 0.25) is 0 Å². The van der Waals surface area contributed by atoms with E-state index < -0.39 is 17.5 Å². The van der Waals surface area contributed by atoms with Crippen LogP contribution in [-0.2, 0) is 0 Å². The van der Waals surface area contributed by atoms with Gasteiger partial charge in [0.25, 0.3) is 5.91 Å². The summed E-state index contributed by atoms with van der Waals surface area (Å²) in [6.45, 7) is 4.67. The molecular weight excluding hydrogens is 319 g/mol. The highest BCUT2D eigenvalue weighted by Gasteiger charge is 2.14. The Morgan fingerprint density at radius 1 is 1.12 bits per heavy atom. The highest BCUT2D eigenvalue weighted by atomic mass is 19.2. The van der Waals surface area contributed by atoms with Crippen LogP contribution in [0.2, 0.25) is 0 Å². The summed E-state index contributed by atoms with van der Waals surface area (Å²) in [7, 11) is 0. The van der Waals surface area contributed by atoms with Crippen molar-refractivity contribution in [1.29, 1.82) is 0 Å². The second-order valence-electron chi connectivity index (χ2n) is 5.72. The number of hydrogen-bond acceptors (Lipinski definition) is 3. The van der Waals surface area contributed by atoms with Gasteiger partial charge in [-0.05, 0) is 36.6 Å². The smallest absolute Gasteiger partial charge is 0.269 e. The molecule has 0 unspecified atom stereocenters. The van der Waals surface area contributed by atoms with Crippen molar-refractivity contribution in [3.8, 4) is 0 Å². The van der Waals surface area contributed by atoms with Crippen LogP contribution in [0.25, 0.3) is 0 Å². The SMILES string of the molecule is CC(C)CCNC(=O)c1ccc(Nc2ccc(F)c(F)c2F)cn1. The van der Waals surface area contributed by atoms with Crippen LogP contribution in [0.15, 0.2) is 30.5 Å². The Bertz CT molecular complexity index is 718. The van der Waals surface area contributed by atoms with Crippen LogP contribution in [0.4, 0.5) is 24.5 Å². The maximum Gasteiger partial charge on any atom is 0.269 e. The van der Waals surface area contributed by atoms with Crippen LogP contribution in [0, 0.1) is 23.4 Å². The fourth-order valence-electron chi connectivity index (χ4n) is 1.94. The minimum atomic E-state index is -1.55. The topological polar surface area (TPSA) is 54.0 Å². The third-order valence-corrected chi connectivity index (χ3v) is 3.32. The second kappa shape index (κ2) is 7.81. The first-order valence-corrected chi connectivity index (χ1v) is 7.53. The number of benzene rings is 1. The van der Waals surface area contributed by atoms with Gasteiger partial charge >= 0.3 is 0 Å². The van der Waals surface area contributed by atoms with Crippen LogP contribution < -0.4 is 10.6 Å². The molecule has 0 aliphatic heterocycles. The average molecular weight is 337 g/mol. The molecule has 4 nitrogen and oxygen atoms in total. The first-order chi connectivity index (χ1) is 11.4. The normalized spacial score (nSPS) is 10.8. The summed E-state index contributed by atoms with van der Waals surface area (Å²) in [5.74, 6) is -3.94. The molecule has 1 aromatic carbocycles. The van der Waals surface area contributed by atoms with Gasteiger partial charge in [-0.25, -0.2) is 18.2 Å². The molecule has 2 aromatic rings. The lowest BCUT2D eigenvalue weighted by Crippen LogP contribution is -2.26. The van der Waals surface area contributed by atoms with E-state index in [2.05, 4.69) is 29.5 Å². The van der Waals surface area contributed by atoms with Crippen LogP contribution in [-0.4, -0.2) is 17.4 Å². The maximum absolute atomic E-state index is 13.6. The van der Waals surface area contributed by atoms with E-state index in [1.54, 1.807) is 0 Å². The van der Waals surface area contributed by atoms with Crippen molar-refractivity contribution in [2.75, 3.05) is 11.9 Å². The van der Waals surface area contributed by atoms with Gasteiger partial charge < -0.3 is 10.6 Å². The largest absolute Gasteiger partial charge is 0.352 e. The number of rotatable bonds is 6. The van der Waals surface area contributed by atoms with Crippen molar-refractivity contribution >= 4 is 17.3 Å². The Kier molecular flexibility index (Phi) is 5.78. The van der Waals surface area contributed by atoms with Crippen LogP contribution in [0.1, 0.15) is 30.8 Å². The van der Waals surface area contributed by atoms with Gasteiger partial charge in [-0.1, -0.05) is 13.8 Å². The van der Waals surface area contributed by atoms with E-state index in [1.165, 1.54) is 18.3 Å². The minimum absolute atomic E-state index is 0.218. The summed E-state index contributed by atoms with van der Waals surface area (Å²) >= 11 is 0. The molecule has 1 heterocycles. The molecule has 7 heteroatoms. The number of aromatic nitrogens is 1. The molecule has 1 amide bonds. The number of pyridine rings is 1. The predicted molar refractivity (Wildman–Crippen MR) is 85.6 cm³/mol. The predicted octanol–water partition coefficient (Wildman–Crippen LogP) is 4.02. The molecule has 2 N–H and O–H groups in total. The summed E-state index contributed by atoms with van der Waals surface area (Å²) in [5.41, 5.74) is 0.346. The summed E-state index contributed by atoms with van der Waals surface area (Å²) in [5, 5.41) is 5.34. The van der Waals surface area contributed by atoms with Crippen LogP contribution in [0.5, 0.6) is 0 Å². The summed E-state index contributed by atoms with van der Waals surface area (Å²) < 4.78 is 39.7. The second-order valence-corrected chi connectivity index (χ2v) is 5.72. The van der Waals surface area contributed by atoms with E-state index in [4.69, 9.17) is 0 Å². The monoisotopic (exact) mass is 337 g/mol. The van der Waals surface area contributed by atoms with Crippen molar-refractivity contribution in [2.24, 2.45) is 5.92 Å². The zero-order valence-corrected chi connectivity index (χ0v) is 13.4. The standard InChI is InChI=1S/C17H18F3N3O/c1-10(2)7-8-21-17(24)14-5-3-11(9-22-14)23-13-6-4-12(18)15(19)16(13)20/h3-6,9-10,23H,7-8H2,1-2H3,(H,21,24). The molecule has 0 fully saturated rings. The average Bonchev–Trinajstić information content (AvgIpc) is 2.55. The highest BCUT2D eigenvalue weighted by molar-refractivity contribution is 5.92. The third-order valence-electron chi connectivity index (χ3n) is 3.32. The Labute approximate surface area is 138 Å². The van der Waals surface area contributed by atoms with Gasteiger partial charge in [-0.3, -0.25) is 4.79 Å². The molecule has 128 valence electrons. The van der Waals surface area contributed by atoms with Gasteiger partial charge in [0.05, 0.1) is 17.6 Å². The first-order valence-electron chi connectivity index (χ1n) is 7.53. The van der Waals surface area contributed by atoms with Crippen molar-refractivity contribution < 1.29 is 18.0 Å². The zero-order valence-electron chi connectivity index (χ0n) is 13.4. The number of amides is 1. The first kappa shape index (κ1) is 17.8. The maximum atomic E-state index is 13.6. The summed E-state index contributed by atoms with van der Waals surface area (Å²) in [6, 6.07) is 4.88. The lowest BCUT2D eigenvalue weighted by molar-refractivity contribution is 0.0947. The summed E-state index contributed by atoms with van der Waals surface area (Å²) in [6.07, 6.45) is 2.18. The van der Waals surface area contributed by atoms with Gasteiger partial charge in [0.15, 0.2) is 17.5 Å². The number of carbonyl (C=O) groups is 1. The molecule has 0 aliphatic carbocycles. The molecule has 24 heavy (non-hydrogen) atoms. The number of nitrogens with one attached hydrogen (secondary N) is 2. The Morgan fingerprint density at radius 2 is 1.88 bits per heavy atom. The fourth-order valence-corrected chi connectivity index (χ4v) is 1.94. The fraction of sp³-hybridized carbons (Fsp3) is 0.294. The molecule has 2 rings (SSSR count). The molecule has 0 saturated heterocycles. The quantitative estimate of drug-likeness (QED) is 0.783. The lowest BCUT2D eigenvalue weighted by atomic mass is 10.1. The van der Waals surface area contributed by atoms with Crippen molar-refractivity contribution in [3.05, 3.63) is 53.6 Å². The van der Waals surface area contributed by atoms with E-state index in [0.29, 0.717) is 18.2 Å². The van der Waals surface area contributed by atoms with E-state index in [9.17, 15) is 18.0 Å².